The number of thiazole rings is 1. The molecule has 1 atom stereocenters. The maximum atomic E-state index is 5.01. The highest BCUT2D eigenvalue weighted by Crippen LogP contribution is 2.44. The summed E-state index contributed by atoms with van der Waals surface area (Å²) in [4.78, 5) is 9.01. The summed E-state index contributed by atoms with van der Waals surface area (Å²) < 4.78 is 0. The highest BCUT2D eigenvalue weighted by molar-refractivity contribution is 7.15. The fourth-order valence-corrected chi connectivity index (χ4v) is 4.08. The Morgan fingerprint density at radius 3 is 2.80 bits per heavy atom. The SMILES string of the molecule is CC1CCCN(c2nc(C3CC3)c(CNC(C)C)s2)C1. The average molecular weight is 293 g/mol. The third-order valence-corrected chi connectivity index (χ3v) is 5.41. The number of nitrogens with zero attached hydrogens (tertiary/aromatic N) is 2. The van der Waals surface area contributed by atoms with Crippen LogP contribution in [-0.2, 0) is 6.54 Å². The molecule has 1 saturated heterocycles. The van der Waals surface area contributed by atoms with E-state index >= 15 is 0 Å². The van der Waals surface area contributed by atoms with Crippen molar-refractivity contribution in [2.24, 2.45) is 5.92 Å². The first-order valence-corrected chi connectivity index (χ1v) is 8.93. The molecule has 1 unspecified atom stereocenters. The van der Waals surface area contributed by atoms with Gasteiger partial charge in [-0.15, -0.1) is 11.3 Å². The molecule has 2 heterocycles. The molecule has 112 valence electrons. The third-order valence-electron chi connectivity index (χ3n) is 4.28. The van der Waals surface area contributed by atoms with Gasteiger partial charge >= 0.3 is 0 Å². The van der Waals surface area contributed by atoms with E-state index in [9.17, 15) is 0 Å². The van der Waals surface area contributed by atoms with Crippen molar-refractivity contribution in [1.29, 1.82) is 0 Å². The molecule has 1 aliphatic carbocycles. The van der Waals surface area contributed by atoms with Crippen molar-refractivity contribution < 1.29 is 0 Å². The summed E-state index contributed by atoms with van der Waals surface area (Å²) in [7, 11) is 0. The zero-order valence-electron chi connectivity index (χ0n) is 13.0. The van der Waals surface area contributed by atoms with Crippen LogP contribution in [0.2, 0.25) is 0 Å². The monoisotopic (exact) mass is 293 g/mol. The van der Waals surface area contributed by atoms with Gasteiger partial charge < -0.3 is 10.2 Å². The molecule has 20 heavy (non-hydrogen) atoms. The van der Waals surface area contributed by atoms with E-state index in [0.29, 0.717) is 6.04 Å². The second-order valence-electron chi connectivity index (χ2n) is 6.81. The van der Waals surface area contributed by atoms with Crippen molar-refractivity contribution in [2.75, 3.05) is 18.0 Å². The molecule has 0 radical (unpaired) electrons. The van der Waals surface area contributed by atoms with Crippen LogP contribution in [-0.4, -0.2) is 24.1 Å². The zero-order valence-corrected chi connectivity index (χ0v) is 13.8. The Bertz CT molecular complexity index is 451. The van der Waals surface area contributed by atoms with Crippen LogP contribution in [0.15, 0.2) is 0 Å². The van der Waals surface area contributed by atoms with Crippen molar-refractivity contribution in [1.82, 2.24) is 10.3 Å². The molecule has 2 aliphatic rings. The van der Waals surface area contributed by atoms with E-state index in [1.165, 1.54) is 54.5 Å². The van der Waals surface area contributed by atoms with Gasteiger partial charge in [-0.25, -0.2) is 4.98 Å². The van der Waals surface area contributed by atoms with Crippen LogP contribution in [0.4, 0.5) is 5.13 Å². The maximum Gasteiger partial charge on any atom is 0.185 e. The van der Waals surface area contributed by atoms with Crippen LogP contribution >= 0.6 is 11.3 Å². The van der Waals surface area contributed by atoms with Gasteiger partial charge in [0, 0.05) is 36.5 Å². The number of hydrogen-bond donors (Lipinski definition) is 1. The normalized spacial score (nSPS) is 23.6. The molecule has 1 aromatic heterocycles. The van der Waals surface area contributed by atoms with Gasteiger partial charge in [-0.2, -0.15) is 0 Å². The first-order valence-electron chi connectivity index (χ1n) is 8.11. The van der Waals surface area contributed by atoms with E-state index in [1.807, 2.05) is 11.3 Å². The molecule has 4 heteroatoms. The lowest BCUT2D eigenvalue weighted by Crippen LogP contribution is -2.34. The summed E-state index contributed by atoms with van der Waals surface area (Å²) in [5, 5.41) is 4.84. The fourth-order valence-electron chi connectivity index (χ4n) is 2.95. The molecule has 0 spiro atoms. The average Bonchev–Trinajstić information content (AvgIpc) is 3.16. The predicted octanol–water partition coefficient (Wildman–Crippen LogP) is 3.75. The van der Waals surface area contributed by atoms with Gasteiger partial charge in [0.05, 0.1) is 5.69 Å². The Kier molecular flexibility index (Phi) is 4.32. The molecule has 1 N–H and O–H groups in total. The second-order valence-corrected chi connectivity index (χ2v) is 7.87. The lowest BCUT2D eigenvalue weighted by molar-refractivity contribution is 0.446. The number of piperidine rings is 1. The van der Waals surface area contributed by atoms with E-state index in [1.54, 1.807) is 0 Å². The number of nitrogens with one attached hydrogen (secondary N) is 1. The maximum absolute atomic E-state index is 5.01. The van der Waals surface area contributed by atoms with Crippen LogP contribution in [0, 0.1) is 5.92 Å². The quantitative estimate of drug-likeness (QED) is 0.896. The van der Waals surface area contributed by atoms with Gasteiger partial charge in [-0.1, -0.05) is 20.8 Å². The minimum absolute atomic E-state index is 0.544. The van der Waals surface area contributed by atoms with Crippen LogP contribution in [0.1, 0.15) is 62.9 Å². The molecule has 1 saturated carbocycles. The van der Waals surface area contributed by atoms with Crippen LogP contribution in [0.25, 0.3) is 0 Å². The Labute approximate surface area is 126 Å². The van der Waals surface area contributed by atoms with E-state index in [2.05, 4.69) is 31.0 Å². The Balaban J connectivity index is 1.75. The molecule has 0 bridgehead atoms. The summed E-state index contributed by atoms with van der Waals surface area (Å²) in [5.41, 5.74) is 1.40. The molecule has 2 fully saturated rings. The first kappa shape index (κ1) is 14.3. The van der Waals surface area contributed by atoms with E-state index in [-0.39, 0.29) is 0 Å². The first-order chi connectivity index (χ1) is 9.63. The van der Waals surface area contributed by atoms with Gasteiger partial charge in [0.15, 0.2) is 5.13 Å². The predicted molar refractivity (Wildman–Crippen MR) is 86.7 cm³/mol. The number of rotatable bonds is 5. The molecule has 1 aromatic rings. The van der Waals surface area contributed by atoms with Gasteiger partial charge in [-0.3, -0.25) is 0 Å². The highest BCUT2D eigenvalue weighted by atomic mass is 32.1. The van der Waals surface area contributed by atoms with E-state index in [4.69, 9.17) is 4.98 Å². The fraction of sp³-hybridized carbons (Fsp3) is 0.812. The molecular weight excluding hydrogens is 266 g/mol. The summed E-state index contributed by atoms with van der Waals surface area (Å²) in [6, 6.07) is 0.544. The largest absolute Gasteiger partial charge is 0.348 e. The molecule has 0 amide bonds. The number of anilines is 1. The third kappa shape index (κ3) is 3.34. The Hall–Kier alpha value is -0.610. The summed E-state index contributed by atoms with van der Waals surface area (Å²) in [6.45, 7) is 10.2. The van der Waals surface area contributed by atoms with Crippen molar-refractivity contribution in [2.45, 2.75) is 65.0 Å². The van der Waals surface area contributed by atoms with Gasteiger partial charge in [0.2, 0.25) is 0 Å². The molecule has 1 aliphatic heterocycles. The minimum atomic E-state index is 0.544. The van der Waals surface area contributed by atoms with E-state index in [0.717, 1.165) is 18.4 Å². The molecule has 0 aromatic carbocycles. The molecular formula is C16H27N3S. The van der Waals surface area contributed by atoms with Crippen molar-refractivity contribution in [3.63, 3.8) is 0 Å². The summed E-state index contributed by atoms with van der Waals surface area (Å²) in [5.74, 6) is 1.57. The molecule has 3 nitrogen and oxygen atoms in total. The zero-order chi connectivity index (χ0) is 14.1. The Morgan fingerprint density at radius 2 is 2.15 bits per heavy atom. The lowest BCUT2D eigenvalue weighted by Gasteiger charge is -2.30. The second kappa shape index (κ2) is 6.02. The summed E-state index contributed by atoms with van der Waals surface area (Å²) in [6.07, 6.45) is 5.38. The van der Waals surface area contributed by atoms with Crippen LogP contribution in [0.3, 0.4) is 0 Å². The lowest BCUT2D eigenvalue weighted by atomic mass is 10.0. The van der Waals surface area contributed by atoms with Gasteiger partial charge in [0.25, 0.3) is 0 Å². The van der Waals surface area contributed by atoms with Crippen molar-refractivity contribution in [3.8, 4) is 0 Å². The highest BCUT2D eigenvalue weighted by Gasteiger charge is 2.31. The number of hydrogen-bond acceptors (Lipinski definition) is 4. The van der Waals surface area contributed by atoms with Crippen molar-refractivity contribution in [3.05, 3.63) is 10.6 Å². The van der Waals surface area contributed by atoms with Gasteiger partial charge in [-0.05, 0) is 31.6 Å². The van der Waals surface area contributed by atoms with Crippen LogP contribution < -0.4 is 10.2 Å². The minimum Gasteiger partial charge on any atom is -0.348 e. The number of aromatic nitrogens is 1. The standard InChI is InChI=1S/C16H27N3S/c1-11(2)17-9-14-15(13-6-7-13)18-16(20-14)19-8-4-5-12(3)10-19/h11-13,17H,4-10H2,1-3H3. The van der Waals surface area contributed by atoms with Crippen LogP contribution in [0.5, 0.6) is 0 Å². The topological polar surface area (TPSA) is 28.2 Å². The Morgan fingerprint density at radius 1 is 1.35 bits per heavy atom. The smallest absolute Gasteiger partial charge is 0.185 e. The van der Waals surface area contributed by atoms with Gasteiger partial charge in [0.1, 0.15) is 0 Å². The van der Waals surface area contributed by atoms with Crippen molar-refractivity contribution >= 4 is 16.5 Å². The summed E-state index contributed by atoms with van der Waals surface area (Å²) >= 11 is 1.93. The molecule has 3 rings (SSSR count). The van der Waals surface area contributed by atoms with E-state index < -0.39 is 0 Å².